The molecular weight excluding hydrogens is 318 g/mol. The van der Waals surface area contributed by atoms with E-state index in [4.69, 9.17) is 4.42 Å². The van der Waals surface area contributed by atoms with Gasteiger partial charge in [-0.25, -0.2) is 4.98 Å². The number of carbonyl (C=O) groups excluding carboxylic acids is 1. The fourth-order valence-electron chi connectivity index (χ4n) is 3.26. The van der Waals surface area contributed by atoms with E-state index >= 15 is 0 Å². The van der Waals surface area contributed by atoms with Gasteiger partial charge in [-0.1, -0.05) is 13.3 Å². The highest BCUT2D eigenvalue weighted by molar-refractivity contribution is 5.78. The molecular formula is C18H27N5O2. The molecule has 136 valence electrons. The maximum atomic E-state index is 12.1. The smallest absolute Gasteiger partial charge is 0.234 e. The molecule has 1 atom stereocenters. The highest BCUT2D eigenvalue weighted by Gasteiger charge is 2.32. The Balaban J connectivity index is 1.50. The Morgan fingerprint density at radius 3 is 2.72 bits per heavy atom. The van der Waals surface area contributed by atoms with Crippen molar-refractivity contribution in [2.45, 2.75) is 51.5 Å². The third-order valence-electron chi connectivity index (χ3n) is 4.81. The van der Waals surface area contributed by atoms with Crippen molar-refractivity contribution in [3.8, 4) is 6.07 Å². The van der Waals surface area contributed by atoms with E-state index in [1.165, 1.54) is 0 Å². The number of piperazine rings is 1. The van der Waals surface area contributed by atoms with E-state index < -0.39 is 0 Å². The maximum Gasteiger partial charge on any atom is 0.234 e. The minimum Gasteiger partial charge on any atom is -0.423 e. The fourth-order valence-corrected chi connectivity index (χ4v) is 3.26. The van der Waals surface area contributed by atoms with Crippen LogP contribution in [0.5, 0.6) is 0 Å². The Kier molecular flexibility index (Phi) is 5.59. The number of carbonyl (C=O) groups is 1. The summed E-state index contributed by atoms with van der Waals surface area (Å²) >= 11 is 0. The molecule has 0 bridgehead atoms. The summed E-state index contributed by atoms with van der Waals surface area (Å²) in [4.78, 5) is 20.7. The molecule has 2 aliphatic rings. The minimum atomic E-state index is 0.0859. The van der Waals surface area contributed by atoms with Crippen LogP contribution in [0.25, 0.3) is 0 Å². The molecule has 0 aromatic carbocycles. The molecule has 3 rings (SSSR count). The monoisotopic (exact) mass is 345 g/mol. The first-order valence-electron chi connectivity index (χ1n) is 9.28. The molecule has 2 fully saturated rings. The molecule has 7 nitrogen and oxygen atoms in total. The van der Waals surface area contributed by atoms with E-state index in [1.807, 2.05) is 6.92 Å². The van der Waals surface area contributed by atoms with Gasteiger partial charge in [0.15, 0.2) is 0 Å². The molecule has 0 unspecified atom stereocenters. The standard InChI is InChI=1S/C18H27N5O2/c1-3-4-13(2)20-16(24)12-22-7-9-23(10-8-22)18-15(11-19)21-17(25-18)14-5-6-14/h13-14H,3-10,12H2,1-2H3,(H,20,24)/t13-/m0/s1. The van der Waals surface area contributed by atoms with Gasteiger partial charge < -0.3 is 14.6 Å². The molecule has 1 aromatic rings. The van der Waals surface area contributed by atoms with Crippen LogP contribution in [0.4, 0.5) is 5.88 Å². The number of nitrogens with one attached hydrogen (secondary N) is 1. The van der Waals surface area contributed by atoms with E-state index in [2.05, 4.69) is 33.1 Å². The van der Waals surface area contributed by atoms with Crippen molar-refractivity contribution in [1.29, 1.82) is 5.26 Å². The molecule has 1 amide bonds. The molecule has 1 saturated carbocycles. The first-order valence-corrected chi connectivity index (χ1v) is 9.28. The van der Waals surface area contributed by atoms with Gasteiger partial charge in [0.05, 0.1) is 6.54 Å². The minimum absolute atomic E-state index is 0.0859. The second kappa shape index (κ2) is 7.87. The van der Waals surface area contributed by atoms with Crippen LogP contribution in [0, 0.1) is 11.3 Å². The van der Waals surface area contributed by atoms with E-state index in [-0.39, 0.29) is 11.9 Å². The summed E-state index contributed by atoms with van der Waals surface area (Å²) in [6, 6.07) is 2.38. The van der Waals surface area contributed by atoms with Crippen molar-refractivity contribution in [1.82, 2.24) is 15.2 Å². The molecule has 1 saturated heterocycles. The lowest BCUT2D eigenvalue weighted by atomic mass is 10.2. The van der Waals surface area contributed by atoms with Crippen molar-refractivity contribution in [3.63, 3.8) is 0 Å². The Labute approximate surface area is 149 Å². The van der Waals surface area contributed by atoms with Gasteiger partial charge in [0.25, 0.3) is 0 Å². The lowest BCUT2D eigenvalue weighted by Gasteiger charge is -2.34. The van der Waals surface area contributed by atoms with Crippen LogP contribution < -0.4 is 10.2 Å². The Morgan fingerprint density at radius 2 is 2.12 bits per heavy atom. The number of hydrogen-bond donors (Lipinski definition) is 1. The van der Waals surface area contributed by atoms with Gasteiger partial charge in [0, 0.05) is 38.1 Å². The van der Waals surface area contributed by atoms with Crippen LogP contribution in [0.3, 0.4) is 0 Å². The predicted molar refractivity (Wildman–Crippen MR) is 94.4 cm³/mol. The zero-order chi connectivity index (χ0) is 17.8. The Morgan fingerprint density at radius 1 is 1.40 bits per heavy atom. The van der Waals surface area contributed by atoms with Crippen molar-refractivity contribution in [2.24, 2.45) is 0 Å². The number of aromatic nitrogens is 1. The fraction of sp³-hybridized carbons (Fsp3) is 0.722. The summed E-state index contributed by atoms with van der Waals surface area (Å²) in [5.74, 6) is 1.79. The highest BCUT2D eigenvalue weighted by atomic mass is 16.4. The van der Waals surface area contributed by atoms with Gasteiger partial charge in [0.2, 0.25) is 23.4 Å². The third kappa shape index (κ3) is 4.51. The van der Waals surface area contributed by atoms with Gasteiger partial charge in [-0.05, 0) is 26.2 Å². The van der Waals surface area contributed by atoms with Crippen LogP contribution in [-0.4, -0.2) is 54.6 Å². The molecule has 1 aliphatic carbocycles. The second-order valence-corrected chi connectivity index (χ2v) is 7.11. The molecule has 25 heavy (non-hydrogen) atoms. The molecule has 0 spiro atoms. The maximum absolute atomic E-state index is 12.1. The Bertz CT molecular complexity index is 638. The van der Waals surface area contributed by atoms with Crippen LogP contribution in [0.2, 0.25) is 0 Å². The molecule has 0 radical (unpaired) electrons. The second-order valence-electron chi connectivity index (χ2n) is 7.11. The average molecular weight is 345 g/mol. The van der Waals surface area contributed by atoms with Gasteiger partial charge in [-0.3, -0.25) is 9.69 Å². The summed E-state index contributed by atoms with van der Waals surface area (Å²) in [6.07, 6.45) is 4.28. The molecule has 1 aliphatic heterocycles. The zero-order valence-electron chi connectivity index (χ0n) is 15.1. The average Bonchev–Trinajstić information content (AvgIpc) is 3.35. The van der Waals surface area contributed by atoms with Crippen LogP contribution in [-0.2, 0) is 4.79 Å². The number of amides is 1. The summed E-state index contributed by atoms with van der Waals surface area (Å²) in [6.45, 7) is 7.63. The van der Waals surface area contributed by atoms with E-state index in [0.29, 0.717) is 29.9 Å². The zero-order valence-corrected chi connectivity index (χ0v) is 15.1. The van der Waals surface area contributed by atoms with Crippen LogP contribution in [0.1, 0.15) is 57.0 Å². The van der Waals surface area contributed by atoms with E-state index in [9.17, 15) is 10.1 Å². The number of nitrogens with zero attached hydrogens (tertiary/aromatic N) is 4. The Hall–Kier alpha value is -2.07. The quantitative estimate of drug-likeness (QED) is 0.812. The van der Waals surface area contributed by atoms with Gasteiger partial charge in [0.1, 0.15) is 6.07 Å². The number of rotatable bonds is 7. The summed E-state index contributed by atoms with van der Waals surface area (Å²) in [5, 5.41) is 12.3. The largest absolute Gasteiger partial charge is 0.423 e. The predicted octanol–water partition coefficient (Wildman–Crippen LogP) is 1.85. The SMILES string of the molecule is CCC[C@H](C)NC(=O)CN1CCN(c2oc(C3CC3)nc2C#N)CC1. The third-order valence-corrected chi connectivity index (χ3v) is 4.81. The van der Waals surface area contributed by atoms with Gasteiger partial charge in [-0.2, -0.15) is 5.26 Å². The topological polar surface area (TPSA) is 85.4 Å². The first kappa shape index (κ1) is 17.7. The van der Waals surface area contributed by atoms with Gasteiger partial charge >= 0.3 is 0 Å². The lowest BCUT2D eigenvalue weighted by molar-refractivity contribution is -0.123. The summed E-state index contributed by atoms with van der Waals surface area (Å²) in [7, 11) is 0. The molecule has 1 N–H and O–H groups in total. The van der Waals surface area contributed by atoms with E-state index in [1.54, 1.807) is 0 Å². The summed E-state index contributed by atoms with van der Waals surface area (Å²) in [5.41, 5.74) is 0.390. The van der Waals surface area contributed by atoms with Crippen molar-refractivity contribution in [2.75, 3.05) is 37.6 Å². The van der Waals surface area contributed by atoms with Crippen LogP contribution >= 0.6 is 0 Å². The highest BCUT2D eigenvalue weighted by Crippen LogP contribution is 2.41. The number of oxazole rings is 1. The van der Waals surface area contributed by atoms with Crippen molar-refractivity contribution in [3.05, 3.63) is 11.6 Å². The number of nitriles is 1. The van der Waals surface area contributed by atoms with Gasteiger partial charge in [-0.15, -0.1) is 0 Å². The molecule has 1 aromatic heterocycles. The number of anilines is 1. The van der Waals surface area contributed by atoms with E-state index in [0.717, 1.165) is 51.9 Å². The summed E-state index contributed by atoms with van der Waals surface area (Å²) < 4.78 is 5.86. The number of hydrogen-bond acceptors (Lipinski definition) is 6. The normalized spacial score (nSPS) is 19.5. The molecule has 7 heteroatoms. The van der Waals surface area contributed by atoms with Crippen molar-refractivity contribution >= 4 is 11.8 Å². The van der Waals surface area contributed by atoms with Crippen molar-refractivity contribution < 1.29 is 9.21 Å². The lowest BCUT2D eigenvalue weighted by Crippen LogP contribution is -2.50. The van der Waals surface area contributed by atoms with Crippen LogP contribution in [0.15, 0.2) is 4.42 Å². The first-order chi connectivity index (χ1) is 12.1. The molecule has 2 heterocycles.